The van der Waals surface area contributed by atoms with Crippen molar-refractivity contribution in [3.8, 4) is 5.75 Å². The first-order chi connectivity index (χ1) is 14.6. The molecule has 0 heterocycles. The Morgan fingerprint density at radius 2 is 1.83 bits per heavy atom. The van der Waals surface area contributed by atoms with Gasteiger partial charge in [-0.05, 0) is 42.5 Å². The molecule has 1 atom stereocenters. The highest BCUT2D eigenvalue weighted by Crippen LogP contribution is 2.29. The van der Waals surface area contributed by atoms with Gasteiger partial charge in [-0.3, -0.25) is 14.4 Å². The number of benzene rings is 2. The van der Waals surface area contributed by atoms with Crippen molar-refractivity contribution in [1.29, 1.82) is 0 Å². The number of hydrogen-bond acceptors (Lipinski definition) is 5. The highest BCUT2D eigenvalue weighted by molar-refractivity contribution is 5.97. The maximum absolute atomic E-state index is 12.2. The largest absolute Gasteiger partial charge is 0.496 e. The normalized spacial score (nSPS) is 14.9. The summed E-state index contributed by atoms with van der Waals surface area (Å²) in [6.45, 7) is -0.231. The summed E-state index contributed by atoms with van der Waals surface area (Å²) in [6, 6.07) is 14.8. The molecule has 1 aliphatic carbocycles. The molecule has 3 rings (SSSR count). The summed E-state index contributed by atoms with van der Waals surface area (Å²) in [7, 11) is 1.49. The summed E-state index contributed by atoms with van der Waals surface area (Å²) in [4.78, 5) is 36.3. The highest BCUT2D eigenvalue weighted by Gasteiger charge is 2.21. The van der Waals surface area contributed by atoms with Crippen LogP contribution in [-0.2, 0) is 20.7 Å². The number of ether oxygens (including phenoxy) is 2. The molecule has 30 heavy (non-hydrogen) atoms. The second kappa shape index (κ2) is 10.4. The van der Waals surface area contributed by atoms with Crippen LogP contribution in [0.5, 0.6) is 5.75 Å². The summed E-state index contributed by atoms with van der Waals surface area (Å²) < 4.78 is 10.2. The van der Waals surface area contributed by atoms with E-state index in [0.717, 1.165) is 24.8 Å². The zero-order valence-electron chi connectivity index (χ0n) is 17.0. The van der Waals surface area contributed by atoms with Crippen LogP contribution in [0.25, 0.3) is 0 Å². The fourth-order valence-corrected chi connectivity index (χ4v) is 3.56. The van der Waals surface area contributed by atoms with Gasteiger partial charge in [0.1, 0.15) is 5.75 Å². The summed E-state index contributed by atoms with van der Waals surface area (Å²) >= 11 is 0. The Morgan fingerprint density at radius 3 is 2.67 bits per heavy atom. The fourth-order valence-electron chi connectivity index (χ4n) is 3.56. The van der Waals surface area contributed by atoms with Gasteiger partial charge in [0, 0.05) is 6.54 Å². The van der Waals surface area contributed by atoms with E-state index in [-0.39, 0.29) is 37.4 Å². The van der Waals surface area contributed by atoms with E-state index in [1.807, 2.05) is 18.2 Å². The quantitative estimate of drug-likeness (QED) is 0.653. The van der Waals surface area contributed by atoms with Crippen molar-refractivity contribution in [3.05, 3.63) is 65.2 Å². The molecule has 0 unspecified atom stereocenters. The van der Waals surface area contributed by atoms with Gasteiger partial charge >= 0.3 is 5.97 Å². The van der Waals surface area contributed by atoms with Crippen LogP contribution in [0.4, 0.5) is 0 Å². The van der Waals surface area contributed by atoms with Crippen molar-refractivity contribution in [2.24, 2.45) is 0 Å². The Balaban J connectivity index is 1.39. The predicted molar refractivity (Wildman–Crippen MR) is 111 cm³/mol. The first-order valence-corrected chi connectivity index (χ1v) is 10.0. The third-order valence-corrected chi connectivity index (χ3v) is 5.04. The van der Waals surface area contributed by atoms with Crippen LogP contribution in [0.1, 0.15) is 46.8 Å². The van der Waals surface area contributed by atoms with Crippen molar-refractivity contribution in [2.45, 2.75) is 31.7 Å². The van der Waals surface area contributed by atoms with Crippen LogP contribution >= 0.6 is 0 Å². The number of para-hydroxylation sites is 1. The third-order valence-electron chi connectivity index (χ3n) is 5.04. The number of nitrogens with one attached hydrogen (secondary N) is 2. The van der Waals surface area contributed by atoms with Crippen LogP contribution in [0.15, 0.2) is 48.5 Å². The van der Waals surface area contributed by atoms with Gasteiger partial charge in [-0.25, -0.2) is 0 Å². The maximum atomic E-state index is 12.2. The Morgan fingerprint density at radius 1 is 1.07 bits per heavy atom. The van der Waals surface area contributed by atoms with Crippen molar-refractivity contribution >= 4 is 17.8 Å². The number of methoxy groups -OCH3 is 1. The van der Waals surface area contributed by atoms with Gasteiger partial charge in [-0.15, -0.1) is 0 Å². The molecule has 7 heteroatoms. The molecule has 0 aliphatic heterocycles. The van der Waals surface area contributed by atoms with Gasteiger partial charge in [0.2, 0.25) is 0 Å². The van der Waals surface area contributed by atoms with E-state index < -0.39 is 5.97 Å². The SMILES string of the molecule is COc1ccccc1C(=O)NCCC(=O)OCC(=O)N[C@H]1CCCc2ccccc21. The summed E-state index contributed by atoms with van der Waals surface area (Å²) in [6.07, 6.45) is 2.86. The van der Waals surface area contributed by atoms with E-state index in [2.05, 4.69) is 16.7 Å². The molecule has 7 nitrogen and oxygen atoms in total. The number of carbonyl (C=O) groups is 3. The molecule has 2 aromatic rings. The average molecular weight is 410 g/mol. The summed E-state index contributed by atoms with van der Waals surface area (Å²) in [5.41, 5.74) is 2.76. The lowest BCUT2D eigenvalue weighted by Gasteiger charge is -2.26. The lowest BCUT2D eigenvalue weighted by atomic mass is 9.88. The van der Waals surface area contributed by atoms with Crippen molar-refractivity contribution in [2.75, 3.05) is 20.3 Å². The fraction of sp³-hybridized carbons (Fsp3) is 0.348. The van der Waals surface area contributed by atoms with Gasteiger partial charge in [0.25, 0.3) is 11.8 Å². The minimum absolute atomic E-state index is 0.0274. The number of rotatable bonds is 8. The van der Waals surface area contributed by atoms with Crippen LogP contribution in [0.3, 0.4) is 0 Å². The number of fused-ring (bicyclic) bond motifs is 1. The highest BCUT2D eigenvalue weighted by atomic mass is 16.5. The zero-order chi connectivity index (χ0) is 21.3. The first kappa shape index (κ1) is 21.4. The zero-order valence-corrected chi connectivity index (χ0v) is 17.0. The van der Waals surface area contributed by atoms with E-state index in [1.165, 1.54) is 12.7 Å². The van der Waals surface area contributed by atoms with Crippen molar-refractivity contribution in [1.82, 2.24) is 10.6 Å². The molecule has 0 aromatic heterocycles. The minimum atomic E-state index is -0.547. The van der Waals surface area contributed by atoms with Gasteiger partial charge in [0.15, 0.2) is 6.61 Å². The Hall–Kier alpha value is -3.35. The Bertz CT molecular complexity index is 912. The van der Waals surface area contributed by atoms with Gasteiger partial charge in [0.05, 0.1) is 25.1 Å². The lowest BCUT2D eigenvalue weighted by Crippen LogP contribution is -2.34. The predicted octanol–water partition coefficient (Wildman–Crippen LogP) is 2.55. The molecule has 2 N–H and O–H groups in total. The molecule has 1 aliphatic rings. The maximum Gasteiger partial charge on any atom is 0.308 e. The van der Waals surface area contributed by atoms with E-state index in [9.17, 15) is 14.4 Å². The van der Waals surface area contributed by atoms with Crippen molar-refractivity contribution in [3.63, 3.8) is 0 Å². The molecule has 158 valence electrons. The van der Waals surface area contributed by atoms with E-state index in [1.54, 1.807) is 24.3 Å². The average Bonchev–Trinajstić information content (AvgIpc) is 2.78. The molecule has 0 saturated heterocycles. The standard InChI is InChI=1S/C23H26N2O5/c1-29-20-12-5-4-10-18(20)23(28)24-14-13-22(27)30-15-21(26)25-19-11-6-8-16-7-2-3-9-17(16)19/h2-5,7,9-10,12,19H,6,8,11,13-15H2,1H3,(H,24,28)(H,25,26)/t19-/m0/s1. The summed E-state index contributed by atoms with van der Waals surface area (Å²) in [5.74, 6) is -0.759. The molecule has 0 saturated carbocycles. The number of hydrogen-bond donors (Lipinski definition) is 2. The molecular formula is C23H26N2O5. The molecule has 0 spiro atoms. The number of amides is 2. The van der Waals surface area contributed by atoms with Crippen LogP contribution in [0, 0.1) is 0 Å². The van der Waals surface area contributed by atoms with Gasteiger partial charge < -0.3 is 20.1 Å². The van der Waals surface area contributed by atoms with Crippen LogP contribution < -0.4 is 15.4 Å². The van der Waals surface area contributed by atoms with Crippen molar-refractivity contribution < 1.29 is 23.9 Å². The number of esters is 1. The molecule has 0 radical (unpaired) electrons. The molecule has 0 fully saturated rings. The van der Waals surface area contributed by atoms with E-state index in [0.29, 0.717) is 11.3 Å². The van der Waals surface area contributed by atoms with E-state index in [4.69, 9.17) is 9.47 Å². The molecular weight excluding hydrogens is 384 g/mol. The third kappa shape index (κ3) is 5.59. The monoisotopic (exact) mass is 410 g/mol. The molecule has 0 bridgehead atoms. The Labute approximate surface area is 175 Å². The molecule has 2 aromatic carbocycles. The van der Waals surface area contributed by atoms with E-state index >= 15 is 0 Å². The second-order valence-corrected chi connectivity index (χ2v) is 7.08. The topological polar surface area (TPSA) is 93.7 Å². The summed E-state index contributed by atoms with van der Waals surface area (Å²) in [5, 5.41) is 5.59. The lowest BCUT2D eigenvalue weighted by molar-refractivity contribution is -0.148. The number of carbonyl (C=O) groups excluding carboxylic acids is 3. The number of aryl methyl sites for hydroxylation is 1. The van der Waals surface area contributed by atoms with Gasteiger partial charge in [-0.2, -0.15) is 0 Å². The minimum Gasteiger partial charge on any atom is -0.496 e. The van der Waals surface area contributed by atoms with Gasteiger partial charge in [-0.1, -0.05) is 36.4 Å². The Kier molecular flexibility index (Phi) is 7.43. The first-order valence-electron chi connectivity index (χ1n) is 10.0. The van der Waals surface area contributed by atoms with Crippen LogP contribution in [0.2, 0.25) is 0 Å². The molecule has 2 amide bonds. The van der Waals surface area contributed by atoms with Crippen LogP contribution in [-0.4, -0.2) is 38.0 Å². The second-order valence-electron chi connectivity index (χ2n) is 7.08. The smallest absolute Gasteiger partial charge is 0.308 e.